The van der Waals surface area contributed by atoms with E-state index >= 15 is 0 Å². The first-order valence-electron chi connectivity index (χ1n) is 8.45. The van der Waals surface area contributed by atoms with E-state index in [1.807, 2.05) is 24.3 Å². The van der Waals surface area contributed by atoms with Gasteiger partial charge in [0.1, 0.15) is 29.9 Å². The minimum absolute atomic E-state index is 0.00216. The standard InChI is InChI=1S/C21H18N2O3/c24-9-10-25-18-7-5-15(6-8-18)20-11-16-3-1-2-4-19(21(16)26-20)17-12-22-14-23-13-17/h2-8,11-14,24H,1,9-10H2. The van der Waals surface area contributed by atoms with Gasteiger partial charge in [0.05, 0.1) is 6.61 Å². The van der Waals surface area contributed by atoms with Gasteiger partial charge in [0.25, 0.3) is 0 Å². The van der Waals surface area contributed by atoms with Crippen LogP contribution in [0.25, 0.3) is 23.0 Å². The highest BCUT2D eigenvalue weighted by Gasteiger charge is 2.10. The molecule has 0 saturated heterocycles. The summed E-state index contributed by atoms with van der Waals surface area (Å²) in [6.45, 7) is 0.283. The van der Waals surface area contributed by atoms with Crippen LogP contribution in [0.15, 0.2) is 65.6 Å². The molecule has 26 heavy (non-hydrogen) atoms. The third-order valence-electron chi connectivity index (χ3n) is 4.13. The summed E-state index contributed by atoms with van der Waals surface area (Å²) in [5.74, 6) is 1.52. The monoisotopic (exact) mass is 346 g/mol. The molecule has 1 aromatic carbocycles. The molecule has 1 aliphatic carbocycles. The smallest absolute Gasteiger partial charge is 0.142 e. The molecule has 5 heteroatoms. The van der Waals surface area contributed by atoms with Crippen molar-refractivity contribution >= 4 is 11.6 Å². The van der Waals surface area contributed by atoms with Gasteiger partial charge in [0.2, 0.25) is 0 Å². The molecule has 0 unspecified atom stereocenters. The molecular formula is C21H18N2O3. The van der Waals surface area contributed by atoms with E-state index in [1.54, 1.807) is 12.4 Å². The predicted molar refractivity (Wildman–Crippen MR) is 98.7 cm³/mol. The van der Waals surface area contributed by atoms with Crippen LogP contribution in [0.4, 0.5) is 0 Å². The maximum atomic E-state index is 8.84. The number of nitrogens with zero attached hydrogens (tertiary/aromatic N) is 2. The van der Waals surface area contributed by atoms with Gasteiger partial charge in [-0.3, -0.25) is 0 Å². The van der Waals surface area contributed by atoms with Gasteiger partial charge in [0.15, 0.2) is 0 Å². The highest BCUT2D eigenvalue weighted by molar-refractivity contribution is 5.73. The van der Waals surface area contributed by atoms with Crippen molar-refractivity contribution in [2.75, 3.05) is 13.2 Å². The third-order valence-corrected chi connectivity index (χ3v) is 4.13. The molecule has 0 atom stereocenters. The Morgan fingerprint density at radius 3 is 2.65 bits per heavy atom. The molecule has 0 radical (unpaired) electrons. The van der Waals surface area contributed by atoms with Crippen LogP contribution in [0.5, 0.6) is 5.75 Å². The second-order valence-electron chi connectivity index (χ2n) is 5.87. The number of furan rings is 1. The first kappa shape index (κ1) is 16.3. The summed E-state index contributed by atoms with van der Waals surface area (Å²) in [6, 6.07) is 9.70. The van der Waals surface area contributed by atoms with E-state index in [0.29, 0.717) is 0 Å². The number of ether oxygens (including phenoxy) is 1. The summed E-state index contributed by atoms with van der Waals surface area (Å²) in [6.07, 6.45) is 12.2. The number of aromatic nitrogens is 2. The molecule has 0 bridgehead atoms. The molecule has 0 fully saturated rings. The third kappa shape index (κ3) is 3.30. The second kappa shape index (κ2) is 7.37. The van der Waals surface area contributed by atoms with Crippen LogP contribution in [0, 0.1) is 0 Å². The van der Waals surface area contributed by atoms with Gasteiger partial charge < -0.3 is 14.3 Å². The van der Waals surface area contributed by atoms with Gasteiger partial charge in [-0.15, -0.1) is 0 Å². The van der Waals surface area contributed by atoms with Crippen molar-refractivity contribution in [3.8, 4) is 17.1 Å². The Bertz CT molecular complexity index is 1040. The van der Waals surface area contributed by atoms with Crippen LogP contribution in [0.1, 0.15) is 12.0 Å². The van der Waals surface area contributed by atoms with E-state index in [1.165, 1.54) is 6.33 Å². The first-order valence-corrected chi connectivity index (χ1v) is 8.45. The summed E-state index contributed by atoms with van der Waals surface area (Å²) in [7, 11) is 0. The summed E-state index contributed by atoms with van der Waals surface area (Å²) in [5.41, 5.74) is 3.69. The van der Waals surface area contributed by atoms with Crippen molar-refractivity contribution in [2.45, 2.75) is 6.42 Å². The molecule has 130 valence electrons. The van der Waals surface area contributed by atoms with E-state index in [2.05, 4.69) is 34.3 Å². The van der Waals surface area contributed by atoms with Crippen molar-refractivity contribution in [2.24, 2.45) is 0 Å². The molecule has 0 spiro atoms. The lowest BCUT2D eigenvalue weighted by Crippen LogP contribution is -2.21. The topological polar surface area (TPSA) is 68.4 Å². The number of benzene rings is 1. The Kier molecular flexibility index (Phi) is 4.62. The first-order chi connectivity index (χ1) is 12.8. The molecule has 4 rings (SSSR count). The predicted octanol–water partition coefficient (Wildman–Crippen LogP) is 2.05. The summed E-state index contributed by atoms with van der Waals surface area (Å²) >= 11 is 0. The van der Waals surface area contributed by atoms with Gasteiger partial charge in [-0.25, -0.2) is 9.97 Å². The normalized spacial score (nSPS) is 13.0. The fourth-order valence-electron chi connectivity index (χ4n) is 2.91. The molecule has 2 aromatic heterocycles. The zero-order chi connectivity index (χ0) is 17.8. The Morgan fingerprint density at radius 2 is 1.88 bits per heavy atom. The fourth-order valence-corrected chi connectivity index (χ4v) is 2.91. The maximum Gasteiger partial charge on any atom is 0.142 e. The van der Waals surface area contributed by atoms with Crippen molar-refractivity contribution in [1.29, 1.82) is 0 Å². The maximum absolute atomic E-state index is 8.84. The Hall–Kier alpha value is -3.18. The van der Waals surface area contributed by atoms with Gasteiger partial charge >= 0.3 is 0 Å². The molecule has 2 heterocycles. The molecule has 0 aliphatic heterocycles. The van der Waals surface area contributed by atoms with E-state index in [-0.39, 0.29) is 13.2 Å². The highest BCUT2D eigenvalue weighted by atomic mass is 16.5. The minimum atomic E-state index is -0.00216. The van der Waals surface area contributed by atoms with Crippen LogP contribution in [-0.4, -0.2) is 28.3 Å². The number of hydrogen-bond donors (Lipinski definition) is 1. The van der Waals surface area contributed by atoms with Crippen LogP contribution in [0.2, 0.25) is 0 Å². The molecule has 1 aliphatic rings. The molecule has 3 aromatic rings. The summed E-state index contributed by atoms with van der Waals surface area (Å²) in [4.78, 5) is 8.23. The van der Waals surface area contributed by atoms with E-state index in [9.17, 15) is 0 Å². The van der Waals surface area contributed by atoms with Gasteiger partial charge in [0, 0.05) is 34.3 Å². The summed E-state index contributed by atoms with van der Waals surface area (Å²) in [5, 5.41) is 9.89. The lowest BCUT2D eigenvalue weighted by atomic mass is 10.1. The fraction of sp³-hybridized carbons (Fsp3) is 0.143. The average molecular weight is 346 g/mol. The number of aliphatic hydroxyl groups excluding tert-OH is 1. The minimum Gasteiger partial charge on any atom is -0.491 e. The van der Waals surface area contributed by atoms with E-state index in [0.717, 1.165) is 45.3 Å². The molecule has 1 N–H and O–H groups in total. The Morgan fingerprint density at radius 1 is 1.08 bits per heavy atom. The van der Waals surface area contributed by atoms with Crippen LogP contribution in [-0.2, 0) is 0 Å². The number of rotatable bonds is 5. The molecule has 5 nitrogen and oxygen atoms in total. The zero-order valence-corrected chi connectivity index (χ0v) is 14.1. The lowest BCUT2D eigenvalue weighted by molar-refractivity contribution is 0.201. The molecular weight excluding hydrogens is 328 g/mol. The SMILES string of the molecule is OCCOc1ccc(-c2cc3c(o2)=C(c2cncnc2)C=CCC=3)cc1. The molecule has 0 amide bonds. The largest absolute Gasteiger partial charge is 0.491 e. The van der Waals surface area contributed by atoms with Crippen molar-refractivity contribution in [3.63, 3.8) is 0 Å². The van der Waals surface area contributed by atoms with Crippen molar-refractivity contribution in [1.82, 2.24) is 9.97 Å². The van der Waals surface area contributed by atoms with E-state index < -0.39 is 0 Å². The van der Waals surface area contributed by atoms with Crippen LogP contribution < -0.4 is 15.4 Å². The average Bonchev–Trinajstić information content (AvgIpc) is 3.01. The van der Waals surface area contributed by atoms with Gasteiger partial charge in [-0.05, 0) is 36.8 Å². The lowest BCUT2D eigenvalue weighted by Gasteiger charge is -2.04. The zero-order valence-electron chi connectivity index (χ0n) is 14.1. The number of hydrogen-bond acceptors (Lipinski definition) is 5. The van der Waals surface area contributed by atoms with Crippen LogP contribution >= 0.6 is 0 Å². The Balaban J connectivity index is 1.78. The number of fused-ring (bicyclic) bond motifs is 1. The highest BCUT2D eigenvalue weighted by Crippen LogP contribution is 2.22. The van der Waals surface area contributed by atoms with Gasteiger partial charge in [-0.2, -0.15) is 0 Å². The molecule has 0 saturated carbocycles. The van der Waals surface area contributed by atoms with Gasteiger partial charge in [-0.1, -0.05) is 18.2 Å². The quantitative estimate of drug-likeness (QED) is 0.766. The second-order valence-corrected chi connectivity index (χ2v) is 5.87. The van der Waals surface area contributed by atoms with Crippen molar-refractivity contribution < 1.29 is 14.3 Å². The number of allylic oxidation sites excluding steroid dienone is 2. The van der Waals surface area contributed by atoms with Crippen LogP contribution in [0.3, 0.4) is 0 Å². The van der Waals surface area contributed by atoms with E-state index in [4.69, 9.17) is 14.3 Å². The van der Waals surface area contributed by atoms with Crippen molar-refractivity contribution in [3.05, 3.63) is 77.4 Å². The summed E-state index contributed by atoms with van der Waals surface area (Å²) < 4.78 is 11.6. The number of aliphatic hydroxyl groups is 1. The Labute approximate surface area is 150 Å².